The van der Waals surface area contributed by atoms with Crippen molar-refractivity contribution >= 4 is 11.7 Å². The predicted octanol–water partition coefficient (Wildman–Crippen LogP) is 1.67. The quantitative estimate of drug-likeness (QED) is 0.526. The van der Waals surface area contributed by atoms with E-state index in [0.29, 0.717) is 5.76 Å². The minimum absolute atomic E-state index is 0.155. The highest BCUT2D eigenvalue weighted by molar-refractivity contribution is 6.42. The number of benzene rings is 1. The van der Waals surface area contributed by atoms with Gasteiger partial charge in [-0.15, -0.1) is 0 Å². The van der Waals surface area contributed by atoms with Gasteiger partial charge in [-0.05, 0) is 31.2 Å². The fourth-order valence-corrected chi connectivity index (χ4v) is 2.30. The number of Topliss-reactive ketones (excluding diaryl/α,β-unsaturated/α-hetero) is 1. The van der Waals surface area contributed by atoms with Crippen molar-refractivity contribution in [2.45, 2.75) is 12.5 Å². The van der Waals surface area contributed by atoms with E-state index >= 15 is 0 Å². The largest absolute Gasteiger partial charge is 0.466 e. The lowest BCUT2D eigenvalue weighted by Crippen LogP contribution is -2.41. The van der Waals surface area contributed by atoms with Crippen LogP contribution in [0, 0.1) is 0 Å². The number of ketones is 1. The number of furan rings is 1. The van der Waals surface area contributed by atoms with Crippen LogP contribution in [0.15, 0.2) is 65.5 Å². The van der Waals surface area contributed by atoms with Gasteiger partial charge in [-0.1, -0.05) is 18.2 Å². The lowest BCUT2D eigenvalue weighted by atomic mass is 10.0. The summed E-state index contributed by atoms with van der Waals surface area (Å²) in [5.74, 6) is -1.24. The Morgan fingerprint density at radius 2 is 2.00 bits per heavy atom. The van der Waals surface area contributed by atoms with Gasteiger partial charge >= 0.3 is 0 Å². The van der Waals surface area contributed by atoms with Crippen LogP contribution in [0.1, 0.15) is 23.0 Å². The van der Waals surface area contributed by atoms with Crippen molar-refractivity contribution in [3.05, 3.63) is 72.4 Å². The van der Waals surface area contributed by atoms with Gasteiger partial charge in [-0.2, -0.15) is 5.10 Å². The Balaban J connectivity index is 1.65. The Morgan fingerprint density at radius 3 is 2.68 bits per heavy atom. The summed E-state index contributed by atoms with van der Waals surface area (Å²) in [6, 6.07) is 12.5. The molecule has 3 aromatic rings. The van der Waals surface area contributed by atoms with Crippen LogP contribution in [-0.4, -0.2) is 33.1 Å². The molecule has 0 aliphatic heterocycles. The van der Waals surface area contributed by atoms with E-state index < -0.39 is 17.3 Å². The monoisotopic (exact) mass is 339 g/mol. The van der Waals surface area contributed by atoms with Gasteiger partial charge in [0.2, 0.25) is 0 Å². The molecule has 1 unspecified atom stereocenters. The first-order chi connectivity index (χ1) is 12.0. The number of rotatable bonds is 6. The van der Waals surface area contributed by atoms with Gasteiger partial charge in [0, 0.05) is 6.20 Å². The highest BCUT2D eigenvalue weighted by Crippen LogP contribution is 2.19. The summed E-state index contributed by atoms with van der Waals surface area (Å²) < 4.78 is 6.64. The van der Waals surface area contributed by atoms with E-state index in [1.165, 1.54) is 30.3 Å². The van der Waals surface area contributed by atoms with Crippen LogP contribution in [-0.2, 0) is 10.4 Å². The normalized spacial score (nSPS) is 13.2. The van der Waals surface area contributed by atoms with Crippen molar-refractivity contribution in [1.29, 1.82) is 0 Å². The molecule has 7 nitrogen and oxygen atoms in total. The topological polar surface area (TPSA) is 97.4 Å². The van der Waals surface area contributed by atoms with Crippen LogP contribution in [0.4, 0.5) is 0 Å². The molecule has 1 atom stereocenters. The number of carbonyl (C=O) groups excluding carboxylic acids is 2. The average molecular weight is 339 g/mol. The Morgan fingerprint density at radius 1 is 1.24 bits per heavy atom. The maximum absolute atomic E-state index is 12.2. The van der Waals surface area contributed by atoms with Crippen LogP contribution < -0.4 is 5.32 Å². The third-order valence-corrected chi connectivity index (χ3v) is 3.72. The van der Waals surface area contributed by atoms with Gasteiger partial charge < -0.3 is 14.8 Å². The van der Waals surface area contributed by atoms with E-state index in [4.69, 9.17) is 4.42 Å². The van der Waals surface area contributed by atoms with E-state index in [0.717, 1.165) is 5.69 Å². The lowest BCUT2D eigenvalue weighted by Gasteiger charge is -2.20. The van der Waals surface area contributed by atoms with Gasteiger partial charge in [0.15, 0.2) is 0 Å². The first-order valence-electron chi connectivity index (χ1n) is 7.66. The smallest absolute Gasteiger partial charge is 0.292 e. The molecule has 0 aliphatic carbocycles. The molecule has 0 spiro atoms. The van der Waals surface area contributed by atoms with Crippen LogP contribution in [0.2, 0.25) is 0 Å². The van der Waals surface area contributed by atoms with Crippen molar-refractivity contribution in [3.8, 4) is 5.69 Å². The SMILES string of the molecule is CC(O)(CNC(=O)C(=O)c1cnn(-c2ccccc2)c1)c1ccco1. The molecule has 1 aromatic carbocycles. The van der Waals surface area contributed by atoms with E-state index in [1.807, 2.05) is 30.3 Å². The zero-order valence-electron chi connectivity index (χ0n) is 13.5. The summed E-state index contributed by atoms with van der Waals surface area (Å²) in [7, 11) is 0. The van der Waals surface area contributed by atoms with Gasteiger partial charge in [0.25, 0.3) is 11.7 Å². The Hall–Kier alpha value is -3.19. The number of aromatic nitrogens is 2. The number of amides is 1. The molecular weight excluding hydrogens is 322 g/mol. The molecule has 0 radical (unpaired) electrons. The van der Waals surface area contributed by atoms with E-state index in [-0.39, 0.29) is 12.1 Å². The van der Waals surface area contributed by atoms with Gasteiger partial charge in [0.1, 0.15) is 11.4 Å². The van der Waals surface area contributed by atoms with Crippen LogP contribution in [0.3, 0.4) is 0 Å². The Labute approximate surface area is 143 Å². The lowest BCUT2D eigenvalue weighted by molar-refractivity contribution is -0.118. The molecule has 0 bridgehead atoms. The molecule has 2 heterocycles. The minimum atomic E-state index is -1.41. The number of aliphatic hydroxyl groups is 1. The highest BCUT2D eigenvalue weighted by atomic mass is 16.4. The predicted molar refractivity (Wildman–Crippen MR) is 89.2 cm³/mol. The molecule has 1 amide bonds. The molecule has 2 N–H and O–H groups in total. The summed E-state index contributed by atoms with van der Waals surface area (Å²) in [6.45, 7) is 1.34. The molecule has 0 saturated heterocycles. The minimum Gasteiger partial charge on any atom is -0.466 e. The van der Waals surface area contributed by atoms with Crippen LogP contribution in [0.25, 0.3) is 5.69 Å². The summed E-state index contributed by atoms with van der Waals surface area (Å²) >= 11 is 0. The summed E-state index contributed by atoms with van der Waals surface area (Å²) in [5.41, 5.74) is -0.463. The first-order valence-corrected chi connectivity index (χ1v) is 7.66. The molecule has 3 rings (SSSR count). The fraction of sp³-hybridized carbons (Fsp3) is 0.167. The van der Waals surface area contributed by atoms with Gasteiger partial charge in [-0.3, -0.25) is 9.59 Å². The number of hydrogen-bond donors (Lipinski definition) is 2. The zero-order chi connectivity index (χ0) is 17.9. The third kappa shape index (κ3) is 3.67. The number of para-hydroxylation sites is 1. The van der Waals surface area contributed by atoms with Crippen LogP contribution in [0.5, 0.6) is 0 Å². The summed E-state index contributed by atoms with van der Waals surface area (Å²) in [4.78, 5) is 24.3. The highest BCUT2D eigenvalue weighted by Gasteiger charge is 2.28. The van der Waals surface area contributed by atoms with Gasteiger partial charge in [0.05, 0.1) is 30.3 Å². The standard InChI is InChI=1S/C18H17N3O4/c1-18(24,15-8-5-9-25-15)12-19-17(23)16(22)13-10-20-21(11-13)14-6-3-2-4-7-14/h2-11,24H,12H2,1H3,(H,19,23). The molecule has 0 fully saturated rings. The van der Waals surface area contributed by atoms with E-state index in [1.54, 1.807) is 12.1 Å². The number of hydrogen-bond acceptors (Lipinski definition) is 5. The maximum atomic E-state index is 12.2. The molecule has 0 saturated carbocycles. The molecular formula is C18H17N3O4. The first kappa shape index (κ1) is 16.7. The fourth-order valence-electron chi connectivity index (χ4n) is 2.30. The van der Waals surface area contributed by atoms with E-state index in [9.17, 15) is 14.7 Å². The number of nitrogens with one attached hydrogen (secondary N) is 1. The van der Waals surface area contributed by atoms with Crippen molar-refractivity contribution in [1.82, 2.24) is 15.1 Å². The van der Waals surface area contributed by atoms with Crippen molar-refractivity contribution in [3.63, 3.8) is 0 Å². The molecule has 0 aliphatic rings. The molecule has 7 heteroatoms. The van der Waals surface area contributed by atoms with Gasteiger partial charge in [-0.25, -0.2) is 4.68 Å². The summed E-state index contributed by atoms with van der Waals surface area (Å²) in [5, 5.41) is 16.8. The second kappa shape index (κ2) is 6.74. The zero-order valence-corrected chi connectivity index (χ0v) is 13.5. The number of nitrogens with zero attached hydrogens (tertiary/aromatic N) is 2. The second-order valence-corrected chi connectivity index (χ2v) is 5.77. The maximum Gasteiger partial charge on any atom is 0.292 e. The average Bonchev–Trinajstić information content (AvgIpc) is 3.31. The van der Waals surface area contributed by atoms with Crippen molar-refractivity contribution < 1.29 is 19.1 Å². The van der Waals surface area contributed by atoms with Crippen LogP contribution >= 0.6 is 0 Å². The molecule has 25 heavy (non-hydrogen) atoms. The third-order valence-electron chi connectivity index (χ3n) is 3.72. The molecule has 128 valence electrons. The Kier molecular flexibility index (Phi) is 4.49. The number of carbonyl (C=O) groups is 2. The van der Waals surface area contributed by atoms with Crippen molar-refractivity contribution in [2.75, 3.05) is 6.54 Å². The van der Waals surface area contributed by atoms with E-state index in [2.05, 4.69) is 10.4 Å². The molecule has 2 aromatic heterocycles. The Bertz CT molecular complexity index is 867. The second-order valence-electron chi connectivity index (χ2n) is 5.77. The van der Waals surface area contributed by atoms with Crippen molar-refractivity contribution in [2.24, 2.45) is 0 Å². The summed E-state index contributed by atoms with van der Waals surface area (Å²) in [6.07, 6.45) is 4.25.